The summed E-state index contributed by atoms with van der Waals surface area (Å²) in [4.78, 5) is 11.6. The molecule has 0 radical (unpaired) electrons. The maximum Gasteiger partial charge on any atom is 0.337 e. The van der Waals surface area contributed by atoms with E-state index in [1.54, 1.807) is 6.07 Å². The van der Waals surface area contributed by atoms with Crippen LogP contribution in [0.25, 0.3) is 11.1 Å². The van der Waals surface area contributed by atoms with Gasteiger partial charge in [-0.3, -0.25) is 0 Å². The van der Waals surface area contributed by atoms with Crippen molar-refractivity contribution >= 4 is 28.7 Å². The maximum atomic E-state index is 11.6. The summed E-state index contributed by atoms with van der Waals surface area (Å²) in [6, 6.07) is 35.9. The van der Waals surface area contributed by atoms with Crippen LogP contribution in [0, 0.1) is 0 Å². The van der Waals surface area contributed by atoms with Crippen LogP contribution in [-0.4, -0.2) is 11.1 Å². The van der Waals surface area contributed by atoms with Crippen LogP contribution in [0.2, 0.25) is 5.02 Å². The Morgan fingerprint density at radius 1 is 0.645 bits per heavy atom. The Balaban J connectivity index is 1.99. The molecule has 0 saturated carbocycles. The molecule has 0 aliphatic carbocycles. The second kappa shape index (κ2) is 9.46. The Hall–Kier alpha value is -3.62. The molecule has 2 nitrogen and oxygen atoms in total. The van der Waals surface area contributed by atoms with Gasteiger partial charge in [-0.05, 0) is 39.5 Å². The molecule has 0 amide bonds. The first-order valence-electron chi connectivity index (χ1n) is 10.0. The number of hydrogen-bond acceptors (Lipinski definition) is 1. The van der Waals surface area contributed by atoms with Crippen molar-refractivity contribution in [3.8, 4) is 0 Å². The lowest BCUT2D eigenvalue weighted by Gasteiger charge is -2.18. The first-order valence-corrected chi connectivity index (χ1v) is 10.4. The minimum Gasteiger partial charge on any atom is -0.478 e. The van der Waals surface area contributed by atoms with Gasteiger partial charge in [-0.25, -0.2) is 4.79 Å². The number of halogens is 1. The molecule has 0 unspecified atom stereocenters. The van der Waals surface area contributed by atoms with Gasteiger partial charge in [-0.1, -0.05) is 115 Å². The number of carboxylic acid groups (broad SMARTS) is 1. The molecule has 0 spiro atoms. The zero-order chi connectivity index (χ0) is 21.6. The van der Waals surface area contributed by atoms with Gasteiger partial charge in [-0.2, -0.15) is 0 Å². The largest absolute Gasteiger partial charge is 0.478 e. The zero-order valence-corrected chi connectivity index (χ0v) is 17.6. The number of aromatic carboxylic acids is 1. The van der Waals surface area contributed by atoms with Gasteiger partial charge in [0.2, 0.25) is 0 Å². The highest BCUT2D eigenvalue weighted by atomic mass is 35.5. The third kappa shape index (κ3) is 4.60. The van der Waals surface area contributed by atoms with Crippen LogP contribution in [0.3, 0.4) is 0 Å². The summed E-state index contributed by atoms with van der Waals surface area (Å²) in [7, 11) is 0. The fourth-order valence-electron chi connectivity index (χ4n) is 3.77. The summed E-state index contributed by atoms with van der Waals surface area (Å²) in [5, 5.41) is 9.79. The monoisotopic (exact) mass is 424 g/mol. The van der Waals surface area contributed by atoms with Crippen LogP contribution >= 0.6 is 11.6 Å². The molecule has 0 aliphatic heterocycles. The average Bonchev–Trinajstić information content (AvgIpc) is 2.81. The van der Waals surface area contributed by atoms with Crippen molar-refractivity contribution in [3.05, 3.63) is 142 Å². The van der Waals surface area contributed by atoms with Crippen molar-refractivity contribution in [2.45, 2.75) is 6.42 Å². The number of carbonyl (C=O) groups is 1. The van der Waals surface area contributed by atoms with E-state index in [9.17, 15) is 9.90 Å². The van der Waals surface area contributed by atoms with E-state index < -0.39 is 5.97 Å². The van der Waals surface area contributed by atoms with E-state index >= 15 is 0 Å². The molecule has 0 saturated heterocycles. The predicted molar refractivity (Wildman–Crippen MR) is 127 cm³/mol. The Morgan fingerprint density at radius 2 is 1.13 bits per heavy atom. The summed E-state index contributed by atoms with van der Waals surface area (Å²) in [5.41, 5.74) is 6.35. The molecular formula is C28H21ClO2. The highest BCUT2D eigenvalue weighted by Gasteiger charge is 2.18. The average molecular weight is 425 g/mol. The first kappa shape index (κ1) is 20.6. The molecule has 0 bridgehead atoms. The number of allylic oxidation sites excluding steroid dienone is 1. The molecule has 4 rings (SSSR count). The minimum atomic E-state index is -1.02. The van der Waals surface area contributed by atoms with Gasteiger partial charge in [-0.15, -0.1) is 0 Å². The molecular weight excluding hydrogens is 404 g/mol. The quantitative estimate of drug-likeness (QED) is 0.331. The van der Waals surface area contributed by atoms with Crippen LogP contribution in [0.15, 0.2) is 109 Å². The summed E-state index contributed by atoms with van der Waals surface area (Å²) >= 11 is 6.53. The lowest BCUT2D eigenvalue weighted by atomic mass is 9.86. The highest BCUT2D eigenvalue weighted by Crippen LogP contribution is 2.36. The minimum absolute atomic E-state index is 0.118. The van der Waals surface area contributed by atoms with Crippen LogP contribution in [-0.2, 0) is 6.42 Å². The zero-order valence-electron chi connectivity index (χ0n) is 16.8. The molecule has 0 atom stereocenters. The van der Waals surface area contributed by atoms with Crippen molar-refractivity contribution in [1.29, 1.82) is 0 Å². The third-order valence-electron chi connectivity index (χ3n) is 5.23. The first-order chi connectivity index (χ1) is 15.1. The van der Waals surface area contributed by atoms with E-state index in [1.807, 2.05) is 60.7 Å². The van der Waals surface area contributed by atoms with Crippen molar-refractivity contribution in [2.75, 3.05) is 0 Å². The normalized spacial score (nSPS) is 10.5. The summed E-state index contributed by atoms with van der Waals surface area (Å²) in [6.07, 6.45) is 0.503. The fourth-order valence-corrected chi connectivity index (χ4v) is 4.04. The van der Waals surface area contributed by atoms with Crippen LogP contribution in [0.1, 0.15) is 32.6 Å². The molecule has 1 N–H and O–H groups in total. The number of hydrogen-bond donors (Lipinski definition) is 1. The van der Waals surface area contributed by atoms with Gasteiger partial charge in [0.05, 0.1) is 10.6 Å². The lowest BCUT2D eigenvalue weighted by Crippen LogP contribution is -2.03. The van der Waals surface area contributed by atoms with Crippen LogP contribution in [0.4, 0.5) is 0 Å². The molecule has 3 heteroatoms. The third-order valence-corrected chi connectivity index (χ3v) is 5.67. The molecule has 4 aromatic carbocycles. The Bertz CT molecular complexity index is 1170. The smallest absolute Gasteiger partial charge is 0.337 e. The standard InChI is InChI=1S/C28H21ClO2/c29-27-23(17-10-18-24(27)28(30)31)19-25(20-11-4-1-5-12-20)26(21-13-6-2-7-14-21)22-15-8-3-9-16-22/h1-18H,19H2,(H,30,31). The van der Waals surface area contributed by atoms with E-state index in [0.29, 0.717) is 6.42 Å². The number of carboxylic acids is 1. The molecule has 4 aromatic rings. The van der Waals surface area contributed by atoms with Gasteiger partial charge in [0.1, 0.15) is 0 Å². The van der Waals surface area contributed by atoms with Crippen molar-refractivity contribution in [1.82, 2.24) is 0 Å². The van der Waals surface area contributed by atoms with E-state index in [-0.39, 0.29) is 10.6 Å². The van der Waals surface area contributed by atoms with Gasteiger partial charge in [0.15, 0.2) is 0 Å². The summed E-state index contributed by atoms with van der Waals surface area (Å²) in [5.74, 6) is -1.02. The molecule has 0 heterocycles. The molecule has 152 valence electrons. The molecule has 0 aromatic heterocycles. The van der Waals surface area contributed by atoms with E-state index in [0.717, 1.165) is 33.4 Å². The topological polar surface area (TPSA) is 37.3 Å². The molecule has 0 fully saturated rings. The van der Waals surface area contributed by atoms with Crippen LogP contribution in [0.5, 0.6) is 0 Å². The second-order valence-corrected chi connectivity index (χ2v) is 7.59. The number of benzene rings is 4. The Morgan fingerprint density at radius 3 is 1.61 bits per heavy atom. The second-order valence-electron chi connectivity index (χ2n) is 7.21. The van der Waals surface area contributed by atoms with Crippen molar-refractivity contribution in [3.63, 3.8) is 0 Å². The Kier molecular flexibility index (Phi) is 6.30. The van der Waals surface area contributed by atoms with Gasteiger partial charge < -0.3 is 5.11 Å². The van der Waals surface area contributed by atoms with Crippen LogP contribution < -0.4 is 0 Å². The highest BCUT2D eigenvalue weighted by molar-refractivity contribution is 6.34. The fraction of sp³-hybridized carbons (Fsp3) is 0.0357. The van der Waals surface area contributed by atoms with Gasteiger partial charge in [0.25, 0.3) is 0 Å². The van der Waals surface area contributed by atoms with Crippen molar-refractivity contribution in [2.24, 2.45) is 0 Å². The SMILES string of the molecule is O=C(O)c1cccc(CC(=C(c2ccccc2)c2ccccc2)c2ccccc2)c1Cl. The van der Waals surface area contributed by atoms with Crippen molar-refractivity contribution < 1.29 is 9.90 Å². The molecule has 31 heavy (non-hydrogen) atoms. The van der Waals surface area contributed by atoms with Gasteiger partial charge >= 0.3 is 5.97 Å². The molecule has 0 aliphatic rings. The van der Waals surface area contributed by atoms with E-state index in [4.69, 9.17) is 11.6 Å². The number of rotatable bonds is 6. The summed E-state index contributed by atoms with van der Waals surface area (Å²) in [6.45, 7) is 0. The lowest BCUT2D eigenvalue weighted by molar-refractivity contribution is 0.0697. The maximum absolute atomic E-state index is 11.6. The van der Waals surface area contributed by atoms with E-state index in [1.165, 1.54) is 6.07 Å². The Labute approximate surface area is 187 Å². The van der Waals surface area contributed by atoms with E-state index in [2.05, 4.69) is 36.4 Å². The van der Waals surface area contributed by atoms with Gasteiger partial charge in [0, 0.05) is 6.42 Å². The summed E-state index contributed by atoms with van der Waals surface area (Å²) < 4.78 is 0. The predicted octanol–water partition coefficient (Wildman–Crippen LogP) is 7.24.